The maximum Gasteiger partial charge on any atom is 0.329 e. The van der Waals surface area contributed by atoms with Gasteiger partial charge < -0.3 is 15.7 Å². The molecule has 4 aromatic rings. The van der Waals surface area contributed by atoms with Gasteiger partial charge in [0.2, 0.25) is 23.6 Å². The van der Waals surface area contributed by atoms with Crippen LogP contribution in [0.2, 0.25) is 10.2 Å². The van der Waals surface area contributed by atoms with Gasteiger partial charge in [-0.2, -0.15) is 0 Å². The molecule has 5 N–H and O–H groups in total. The van der Waals surface area contributed by atoms with Crippen LogP contribution in [0.1, 0.15) is 107 Å². The largest absolute Gasteiger partial charge is 0.480 e. The van der Waals surface area contributed by atoms with Crippen molar-refractivity contribution in [3.05, 3.63) is 91.8 Å². The topological polar surface area (TPSA) is 200 Å². The number of rotatable bonds is 10. The number of nitrogens with one attached hydrogen (secondary N) is 4. The normalized spacial score (nSPS) is 28.8. The van der Waals surface area contributed by atoms with Crippen molar-refractivity contribution in [1.82, 2.24) is 39.9 Å². The number of carboxylic acids is 1. The lowest BCUT2D eigenvalue weighted by atomic mass is 9.53. The number of halogens is 3. The number of amides is 4. The van der Waals surface area contributed by atoms with Crippen molar-refractivity contribution in [2.75, 3.05) is 38.0 Å². The number of piperidine rings is 1. The highest BCUT2D eigenvalue weighted by molar-refractivity contribution is 6.31. The predicted octanol–water partition coefficient (Wildman–Crippen LogP) is 5.43. The number of aromatic nitrogens is 3. The van der Waals surface area contributed by atoms with Gasteiger partial charge in [-0.05, 0) is 123 Å². The summed E-state index contributed by atoms with van der Waals surface area (Å²) in [7, 11) is 1.67. The van der Waals surface area contributed by atoms with Crippen LogP contribution in [0.15, 0.2) is 53.5 Å². The quantitative estimate of drug-likeness (QED) is 0.100. The van der Waals surface area contributed by atoms with E-state index in [2.05, 4.69) is 49.9 Å². The first-order valence-electron chi connectivity index (χ1n) is 24.6. The number of hydrogen-bond acceptors (Lipinski definition) is 10. The van der Waals surface area contributed by atoms with Gasteiger partial charge in [-0.3, -0.25) is 53.5 Å². The molecule has 5 fully saturated rings. The number of pyridine rings is 1. The van der Waals surface area contributed by atoms with Gasteiger partial charge in [0.05, 0.1) is 17.1 Å². The summed E-state index contributed by atoms with van der Waals surface area (Å²) >= 11 is 12.8. The van der Waals surface area contributed by atoms with Crippen LogP contribution in [-0.2, 0) is 42.9 Å². The first-order valence-corrected chi connectivity index (χ1v) is 25.4. The SMILES string of the molecule is Cn1c(=O)n(C2CCC(=O)NC2=O)c2ccc(CCN3CCN(CC4CCC(NC(=O)[C@@H]5NC6(CCC(C)(C)CC6)[C@@]6(C(=O)Nc7cc(Cl)ccc76)C5c5ccnc(Cl)c5F)CC4)[C@@H](C(=O)O)C3)cc21. The molecule has 2 unspecified atom stereocenters. The zero-order valence-corrected chi connectivity index (χ0v) is 41.2. The third-order valence-electron chi connectivity index (χ3n) is 16.9. The van der Waals surface area contributed by atoms with Crippen molar-refractivity contribution in [2.24, 2.45) is 18.4 Å². The Balaban J connectivity index is 0.796. The minimum Gasteiger partial charge on any atom is -0.480 e. The van der Waals surface area contributed by atoms with Crippen LogP contribution in [0.4, 0.5) is 10.1 Å². The number of carbonyl (C=O) groups is 5. The summed E-state index contributed by atoms with van der Waals surface area (Å²) < 4.78 is 19.4. The van der Waals surface area contributed by atoms with Crippen molar-refractivity contribution in [2.45, 2.75) is 126 Å². The number of anilines is 1. The molecule has 0 bridgehead atoms. The van der Waals surface area contributed by atoms with Gasteiger partial charge in [0.25, 0.3) is 0 Å². The molecule has 3 saturated heterocycles. The number of benzene rings is 2. The van der Waals surface area contributed by atoms with Crippen LogP contribution in [0.25, 0.3) is 11.0 Å². The second-order valence-corrected chi connectivity index (χ2v) is 22.2. The van der Waals surface area contributed by atoms with Gasteiger partial charge >= 0.3 is 11.7 Å². The van der Waals surface area contributed by atoms with E-state index in [1.165, 1.54) is 21.4 Å². The van der Waals surface area contributed by atoms with E-state index >= 15 is 4.39 Å². The Bertz CT molecular complexity index is 2850. The number of aliphatic carboxylic acids is 1. The van der Waals surface area contributed by atoms with Crippen LogP contribution in [0.3, 0.4) is 0 Å². The summed E-state index contributed by atoms with van der Waals surface area (Å²) in [6.45, 7) is 7.30. The standard InChI is InChI=1S/C51H60Cl2FN9O7/c1-49(2)16-18-50(19-17-49)51(33-10-7-30(52)25-34(33)57-47(51)69)40(32-14-20-55-43(53)41(32)54)42(59-50)45(66)56-31-8-4-29(5-9-31)26-62-23-22-61(27-38(62)46(67)68)21-15-28-6-11-35-37(24-28)60(3)48(70)63(35)36-12-13-39(64)58-44(36)65/h6-7,10-11,14,20,24-25,29,31,36,38,40,42,59H,4-5,8-9,12-13,15-19,21-23,26-27H2,1-3H3,(H,56,66)(H,57,69)(H,67,68)(H,58,64,65)/t29?,31?,36?,38-,40?,42-,51-/m1/s1. The Morgan fingerprint density at radius 2 is 1.69 bits per heavy atom. The van der Waals surface area contributed by atoms with Crippen molar-refractivity contribution in [1.29, 1.82) is 0 Å². The maximum atomic E-state index is 16.4. The summed E-state index contributed by atoms with van der Waals surface area (Å²) in [5.74, 6) is -3.83. The lowest BCUT2D eigenvalue weighted by Gasteiger charge is -2.50. The Morgan fingerprint density at radius 3 is 2.41 bits per heavy atom. The molecule has 16 nitrogen and oxygen atoms in total. The summed E-state index contributed by atoms with van der Waals surface area (Å²) in [5, 5.41) is 23.0. The molecule has 4 amide bonds. The fourth-order valence-electron chi connectivity index (χ4n) is 13.1. The van der Waals surface area contributed by atoms with Gasteiger partial charge in [0.1, 0.15) is 17.5 Å². The zero-order valence-electron chi connectivity index (χ0n) is 39.7. The number of aryl methyl sites for hydroxylation is 1. The van der Waals surface area contributed by atoms with E-state index in [0.29, 0.717) is 92.1 Å². The van der Waals surface area contributed by atoms with E-state index in [-0.39, 0.29) is 64.3 Å². The lowest BCUT2D eigenvalue weighted by Crippen LogP contribution is -2.61. The molecule has 10 rings (SSSR count). The highest BCUT2D eigenvalue weighted by Gasteiger charge is 2.73. The number of imide groups is 1. The van der Waals surface area contributed by atoms with Gasteiger partial charge in [-0.25, -0.2) is 14.2 Å². The number of hydrogen-bond donors (Lipinski definition) is 5. The Morgan fingerprint density at radius 1 is 0.929 bits per heavy atom. The molecule has 6 heterocycles. The molecule has 19 heteroatoms. The van der Waals surface area contributed by atoms with E-state index in [4.69, 9.17) is 23.2 Å². The minimum atomic E-state index is -1.37. The Kier molecular flexibility index (Phi) is 12.8. The Hall–Kier alpha value is -5.20. The average Bonchev–Trinajstić information content (AvgIpc) is 3.88. The molecule has 2 aromatic carbocycles. The molecule has 5 atom stereocenters. The highest BCUT2D eigenvalue weighted by Crippen LogP contribution is 2.64. The lowest BCUT2D eigenvalue weighted by molar-refractivity contribution is -0.146. The number of imidazole rings is 1. The number of carboxylic acid groups (broad SMARTS) is 1. The van der Waals surface area contributed by atoms with Gasteiger partial charge in [-0.1, -0.05) is 49.2 Å². The summed E-state index contributed by atoms with van der Waals surface area (Å²) in [6, 6.07) is 9.92. The van der Waals surface area contributed by atoms with Crippen LogP contribution in [-0.4, -0.2) is 115 Å². The number of carbonyl (C=O) groups excluding carboxylic acids is 4. The van der Waals surface area contributed by atoms with Crippen LogP contribution in [0.5, 0.6) is 0 Å². The first kappa shape index (κ1) is 48.4. The molecule has 2 saturated carbocycles. The molecule has 4 aliphatic heterocycles. The molecular formula is C51H60Cl2FN9O7. The van der Waals surface area contributed by atoms with E-state index < -0.39 is 52.7 Å². The van der Waals surface area contributed by atoms with Gasteiger partial charge in [0.15, 0.2) is 11.0 Å². The number of piperazine rings is 1. The third kappa shape index (κ3) is 8.32. The maximum absolute atomic E-state index is 16.4. The molecule has 2 spiro atoms. The highest BCUT2D eigenvalue weighted by atomic mass is 35.5. The minimum absolute atomic E-state index is 0.00283. The van der Waals surface area contributed by atoms with Gasteiger partial charge in [-0.15, -0.1) is 0 Å². The number of fused-ring (bicyclic) bond motifs is 4. The van der Waals surface area contributed by atoms with Crippen LogP contribution in [0, 0.1) is 17.2 Å². The van der Waals surface area contributed by atoms with E-state index in [9.17, 15) is 33.9 Å². The van der Waals surface area contributed by atoms with E-state index in [1.807, 2.05) is 24.3 Å². The Labute approximate surface area is 415 Å². The van der Waals surface area contributed by atoms with Crippen molar-refractivity contribution >= 4 is 69.5 Å². The molecular weight excluding hydrogens is 941 g/mol. The fraction of sp³-hybridized carbons (Fsp3) is 0.549. The van der Waals surface area contributed by atoms with E-state index in [1.54, 1.807) is 19.2 Å². The molecule has 6 aliphatic rings. The van der Waals surface area contributed by atoms with Gasteiger partial charge in [0, 0.05) is 80.6 Å². The first-order chi connectivity index (χ1) is 33.4. The molecule has 0 radical (unpaired) electrons. The average molecular weight is 1000 g/mol. The molecule has 2 aromatic heterocycles. The third-order valence-corrected chi connectivity index (χ3v) is 17.4. The zero-order chi connectivity index (χ0) is 49.4. The monoisotopic (exact) mass is 999 g/mol. The van der Waals surface area contributed by atoms with Crippen molar-refractivity contribution < 1.29 is 33.5 Å². The molecule has 70 heavy (non-hydrogen) atoms. The molecule has 2 aliphatic carbocycles. The van der Waals surface area contributed by atoms with Crippen molar-refractivity contribution in [3.8, 4) is 0 Å². The van der Waals surface area contributed by atoms with Crippen LogP contribution < -0.4 is 27.0 Å². The second-order valence-electron chi connectivity index (χ2n) is 21.4. The number of nitrogens with zero attached hydrogens (tertiary/aromatic N) is 5. The van der Waals surface area contributed by atoms with E-state index in [0.717, 1.165) is 31.2 Å². The van der Waals surface area contributed by atoms with Crippen LogP contribution >= 0.6 is 23.2 Å². The molecule has 372 valence electrons. The summed E-state index contributed by atoms with van der Waals surface area (Å²) in [4.78, 5) is 88.5. The van der Waals surface area contributed by atoms with Crippen molar-refractivity contribution in [3.63, 3.8) is 0 Å². The fourth-order valence-corrected chi connectivity index (χ4v) is 13.4. The smallest absolute Gasteiger partial charge is 0.329 e. The summed E-state index contributed by atoms with van der Waals surface area (Å²) in [5.41, 5.74) is 1.06. The predicted molar refractivity (Wildman–Crippen MR) is 261 cm³/mol. The second kappa shape index (κ2) is 18.4. The summed E-state index contributed by atoms with van der Waals surface area (Å²) in [6.07, 6.45) is 8.13.